The monoisotopic (exact) mass is 337 g/mol. The second-order valence-corrected chi connectivity index (χ2v) is 6.48. The van der Waals surface area contributed by atoms with Crippen molar-refractivity contribution in [1.82, 2.24) is 19.9 Å². The van der Waals surface area contributed by atoms with Crippen LogP contribution in [0.15, 0.2) is 36.9 Å². The number of pyridine rings is 1. The highest BCUT2D eigenvalue weighted by Gasteiger charge is 2.45. The fourth-order valence-electron chi connectivity index (χ4n) is 3.80. The molecule has 2 amide bonds. The smallest absolute Gasteiger partial charge is 0.274 e. The molecule has 2 aliphatic heterocycles. The van der Waals surface area contributed by atoms with E-state index in [1.165, 1.54) is 6.20 Å². The minimum atomic E-state index is -0.111. The molecule has 2 aromatic heterocycles. The zero-order chi connectivity index (χ0) is 17.4. The lowest BCUT2D eigenvalue weighted by molar-refractivity contribution is -0.120. The van der Waals surface area contributed by atoms with Crippen LogP contribution in [0.25, 0.3) is 0 Å². The number of piperidine rings is 1. The quantitative estimate of drug-likeness (QED) is 0.831. The largest absolute Gasteiger partial charge is 0.332 e. The minimum Gasteiger partial charge on any atom is -0.332 e. The maximum Gasteiger partial charge on any atom is 0.274 e. The third-order valence-corrected chi connectivity index (χ3v) is 4.95. The van der Waals surface area contributed by atoms with Crippen molar-refractivity contribution in [2.75, 3.05) is 11.4 Å². The summed E-state index contributed by atoms with van der Waals surface area (Å²) in [6.07, 6.45) is 8.40. The SMILES string of the molecule is Cc1cnc(C(=O)N2CC[C@@H]3[C@H]2CCC(=O)N3c2cccnc2)cn1. The lowest BCUT2D eigenvalue weighted by atomic mass is 9.95. The Hall–Kier alpha value is -2.83. The number of carbonyl (C=O) groups is 2. The fourth-order valence-corrected chi connectivity index (χ4v) is 3.80. The maximum atomic E-state index is 12.8. The molecule has 2 saturated heterocycles. The number of likely N-dealkylation sites (tertiary alicyclic amines) is 1. The van der Waals surface area contributed by atoms with Gasteiger partial charge in [-0.25, -0.2) is 4.98 Å². The van der Waals surface area contributed by atoms with Gasteiger partial charge in [0.05, 0.1) is 35.9 Å². The molecule has 7 nitrogen and oxygen atoms in total. The Labute approximate surface area is 145 Å². The highest BCUT2D eigenvalue weighted by Crippen LogP contribution is 2.35. The Balaban J connectivity index is 1.60. The summed E-state index contributed by atoms with van der Waals surface area (Å²) >= 11 is 0. The van der Waals surface area contributed by atoms with Crippen LogP contribution in [0.1, 0.15) is 35.4 Å². The van der Waals surface area contributed by atoms with Crippen LogP contribution in [-0.2, 0) is 4.79 Å². The van der Waals surface area contributed by atoms with Crippen LogP contribution in [0.3, 0.4) is 0 Å². The number of amides is 2. The van der Waals surface area contributed by atoms with Crippen LogP contribution in [-0.4, -0.2) is 50.3 Å². The molecule has 0 spiro atoms. The van der Waals surface area contributed by atoms with Gasteiger partial charge in [-0.2, -0.15) is 0 Å². The summed E-state index contributed by atoms with van der Waals surface area (Å²) in [6.45, 7) is 2.46. The Bertz CT molecular complexity index is 793. The number of hydrogen-bond acceptors (Lipinski definition) is 5. The van der Waals surface area contributed by atoms with Crippen molar-refractivity contribution in [3.05, 3.63) is 48.3 Å². The zero-order valence-electron chi connectivity index (χ0n) is 14.0. The van der Waals surface area contributed by atoms with Gasteiger partial charge >= 0.3 is 0 Å². The standard InChI is InChI=1S/C18H19N5O2/c1-12-9-21-14(11-20-12)18(25)22-8-6-16-15(22)4-5-17(24)23(16)13-3-2-7-19-10-13/h2-3,7,9-11,15-16H,4-6,8H2,1H3/t15-,16-/m1/s1. The number of aryl methyl sites for hydroxylation is 1. The third-order valence-electron chi connectivity index (χ3n) is 4.95. The van der Waals surface area contributed by atoms with E-state index in [-0.39, 0.29) is 23.9 Å². The Morgan fingerprint density at radius 1 is 1.16 bits per heavy atom. The third kappa shape index (κ3) is 2.75. The maximum absolute atomic E-state index is 12.8. The molecule has 0 aliphatic carbocycles. The molecule has 25 heavy (non-hydrogen) atoms. The summed E-state index contributed by atoms with van der Waals surface area (Å²) in [5.41, 5.74) is 1.93. The number of carbonyl (C=O) groups excluding carboxylic acids is 2. The van der Waals surface area contributed by atoms with Crippen LogP contribution in [0, 0.1) is 6.92 Å². The first-order valence-electron chi connectivity index (χ1n) is 8.47. The Kier molecular flexibility index (Phi) is 3.91. The van der Waals surface area contributed by atoms with Crippen molar-refractivity contribution < 1.29 is 9.59 Å². The molecule has 2 atom stereocenters. The van der Waals surface area contributed by atoms with Gasteiger partial charge in [0, 0.05) is 25.4 Å². The molecule has 7 heteroatoms. The summed E-state index contributed by atoms with van der Waals surface area (Å²) in [4.78, 5) is 41.5. The Morgan fingerprint density at radius 3 is 2.76 bits per heavy atom. The summed E-state index contributed by atoms with van der Waals surface area (Å²) in [6, 6.07) is 3.72. The van der Waals surface area contributed by atoms with Crippen molar-refractivity contribution in [2.24, 2.45) is 0 Å². The molecule has 0 radical (unpaired) electrons. The first-order valence-corrected chi connectivity index (χ1v) is 8.47. The average Bonchev–Trinajstić information content (AvgIpc) is 3.06. The second-order valence-electron chi connectivity index (χ2n) is 6.48. The van der Waals surface area contributed by atoms with E-state index >= 15 is 0 Å². The van der Waals surface area contributed by atoms with Gasteiger partial charge in [-0.1, -0.05) is 0 Å². The van der Waals surface area contributed by atoms with Crippen molar-refractivity contribution >= 4 is 17.5 Å². The number of anilines is 1. The van der Waals surface area contributed by atoms with Crippen LogP contribution >= 0.6 is 0 Å². The number of fused-ring (bicyclic) bond motifs is 1. The van der Waals surface area contributed by atoms with Gasteiger partial charge in [0.15, 0.2) is 0 Å². The highest BCUT2D eigenvalue weighted by molar-refractivity contribution is 5.96. The van der Waals surface area contributed by atoms with E-state index in [0.29, 0.717) is 25.1 Å². The zero-order valence-corrected chi connectivity index (χ0v) is 14.0. The first kappa shape index (κ1) is 15.7. The van der Waals surface area contributed by atoms with Crippen molar-refractivity contribution in [1.29, 1.82) is 0 Å². The summed E-state index contributed by atoms with van der Waals surface area (Å²) in [7, 11) is 0. The normalized spacial score (nSPS) is 22.8. The molecule has 2 aliphatic rings. The van der Waals surface area contributed by atoms with E-state index < -0.39 is 0 Å². The molecule has 0 aromatic carbocycles. The minimum absolute atomic E-state index is 0.00666. The van der Waals surface area contributed by atoms with Gasteiger partial charge in [0.1, 0.15) is 5.69 Å². The molecule has 128 valence electrons. The lowest BCUT2D eigenvalue weighted by Crippen LogP contribution is -2.53. The number of rotatable bonds is 2. The van der Waals surface area contributed by atoms with Gasteiger partial charge in [-0.05, 0) is 31.9 Å². The van der Waals surface area contributed by atoms with Crippen LogP contribution < -0.4 is 4.90 Å². The van der Waals surface area contributed by atoms with Crippen LogP contribution in [0.5, 0.6) is 0 Å². The van der Waals surface area contributed by atoms with Gasteiger partial charge in [0.2, 0.25) is 5.91 Å². The Morgan fingerprint density at radius 2 is 2.04 bits per heavy atom. The molecule has 4 heterocycles. The van der Waals surface area contributed by atoms with Crippen molar-refractivity contribution in [3.8, 4) is 0 Å². The summed E-state index contributed by atoms with van der Waals surface area (Å²) in [5, 5.41) is 0. The predicted octanol–water partition coefficient (Wildman–Crippen LogP) is 1.59. The molecule has 4 rings (SSSR count). The van der Waals surface area contributed by atoms with Crippen LogP contribution in [0.2, 0.25) is 0 Å². The molecular formula is C18H19N5O2. The molecule has 0 N–H and O–H groups in total. The first-order chi connectivity index (χ1) is 12.1. The topological polar surface area (TPSA) is 79.3 Å². The van der Waals surface area contributed by atoms with E-state index in [9.17, 15) is 9.59 Å². The second kappa shape index (κ2) is 6.23. The molecule has 2 fully saturated rings. The fraction of sp³-hybridized carbons (Fsp3) is 0.389. The number of hydrogen-bond donors (Lipinski definition) is 0. The van der Waals surface area contributed by atoms with Gasteiger partial charge < -0.3 is 9.80 Å². The van der Waals surface area contributed by atoms with Crippen molar-refractivity contribution in [3.63, 3.8) is 0 Å². The van der Waals surface area contributed by atoms with Gasteiger partial charge in [-0.15, -0.1) is 0 Å². The van der Waals surface area contributed by atoms with E-state index in [4.69, 9.17) is 0 Å². The lowest BCUT2D eigenvalue weighted by Gasteiger charge is -2.39. The highest BCUT2D eigenvalue weighted by atomic mass is 16.2. The molecule has 0 saturated carbocycles. The molecular weight excluding hydrogens is 318 g/mol. The van der Waals surface area contributed by atoms with E-state index in [2.05, 4.69) is 15.0 Å². The number of aromatic nitrogens is 3. The van der Waals surface area contributed by atoms with E-state index in [0.717, 1.165) is 17.8 Å². The summed E-state index contributed by atoms with van der Waals surface area (Å²) in [5.74, 6) is -0.0147. The van der Waals surface area contributed by atoms with E-state index in [1.54, 1.807) is 18.6 Å². The number of nitrogens with zero attached hydrogens (tertiary/aromatic N) is 5. The average molecular weight is 337 g/mol. The van der Waals surface area contributed by atoms with E-state index in [1.807, 2.05) is 28.9 Å². The van der Waals surface area contributed by atoms with Gasteiger partial charge in [-0.3, -0.25) is 19.6 Å². The van der Waals surface area contributed by atoms with Gasteiger partial charge in [0.25, 0.3) is 5.91 Å². The predicted molar refractivity (Wildman–Crippen MR) is 91.0 cm³/mol. The molecule has 0 bridgehead atoms. The summed E-state index contributed by atoms with van der Waals surface area (Å²) < 4.78 is 0. The van der Waals surface area contributed by atoms with Crippen molar-refractivity contribution in [2.45, 2.75) is 38.3 Å². The van der Waals surface area contributed by atoms with Crippen LogP contribution in [0.4, 0.5) is 5.69 Å². The molecule has 2 aromatic rings. The molecule has 0 unspecified atom stereocenters.